The van der Waals surface area contributed by atoms with Crippen molar-refractivity contribution in [1.82, 2.24) is 14.9 Å². The second kappa shape index (κ2) is 11.8. The fourth-order valence-corrected chi connectivity index (χ4v) is 5.36. The van der Waals surface area contributed by atoms with Gasteiger partial charge in [-0.3, -0.25) is 4.90 Å². The molecule has 1 saturated heterocycles. The van der Waals surface area contributed by atoms with Gasteiger partial charge in [0.1, 0.15) is 0 Å². The van der Waals surface area contributed by atoms with Crippen molar-refractivity contribution in [3.8, 4) is 0 Å². The second-order valence-corrected chi connectivity index (χ2v) is 9.52. The van der Waals surface area contributed by atoms with Crippen LogP contribution >= 0.6 is 0 Å². The highest BCUT2D eigenvalue weighted by Crippen LogP contribution is 2.42. The van der Waals surface area contributed by atoms with Gasteiger partial charge >= 0.3 is 0 Å². The Hall–Kier alpha value is -3.96. The minimum Gasteiger partial charge on any atom is -0.379 e. The lowest BCUT2D eigenvalue weighted by Gasteiger charge is -2.40. The molecule has 0 unspecified atom stereocenters. The Morgan fingerprint density at radius 2 is 1.22 bits per heavy atom. The first-order valence-corrected chi connectivity index (χ1v) is 13.1. The molecule has 0 spiro atoms. The molecule has 0 aliphatic carbocycles. The third-order valence-electron chi connectivity index (χ3n) is 7.35. The summed E-state index contributed by atoms with van der Waals surface area (Å²) >= 11 is 0. The average molecular weight is 490 g/mol. The molecule has 1 aliphatic heterocycles. The Bertz CT molecular complexity index is 1140. The first-order chi connectivity index (χ1) is 18.3. The molecule has 4 aromatic rings. The van der Waals surface area contributed by atoms with E-state index >= 15 is 0 Å². The summed E-state index contributed by atoms with van der Waals surface area (Å²) in [5, 5.41) is 3.23. The molecule has 0 bridgehead atoms. The lowest BCUT2D eigenvalue weighted by atomic mass is 9.67. The molecule has 0 radical (unpaired) electrons. The summed E-state index contributed by atoms with van der Waals surface area (Å²) < 4.78 is 0. The van der Waals surface area contributed by atoms with Crippen molar-refractivity contribution < 1.29 is 0 Å². The van der Waals surface area contributed by atoms with Crippen LogP contribution in [0.3, 0.4) is 0 Å². The predicted molar refractivity (Wildman–Crippen MR) is 153 cm³/mol. The van der Waals surface area contributed by atoms with Gasteiger partial charge in [-0.1, -0.05) is 97.1 Å². The van der Waals surface area contributed by atoms with E-state index in [2.05, 4.69) is 123 Å². The van der Waals surface area contributed by atoms with Gasteiger partial charge in [-0.15, -0.1) is 6.58 Å². The van der Waals surface area contributed by atoms with E-state index in [1.807, 2.05) is 18.5 Å². The van der Waals surface area contributed by atoms with Crippen LogP contribution in [0.15, 0.2) is 116 Å². The van der Waals surface area contributed by atoms with Gasteiger partial charge in [0, 0.05) is 38.1 Å². The zero-order valence-electron chi connectivity index (χ0n) is 21.3. The highest BCUT2D eigenvalue weighted by atomic mass is 15.3. The molecule has 1 aliphatic rings. The first-order valence-electron chi connectivity index (χ1n) is 13.1. The SMILES string of the molecule is C=CCNc1cnc(N2CCN(CCC(c3ccccc3)(c3ccccc3)c3ccccc3)CC2)nc1. The number of nitrogens with one attached hydrogen (secondary N) is 1. The van der Waals surface area contributed by atoms with Gasteiger partial charge in [-0.25, -0.2) is 9.97 Å². The highest BCUT2D eigenvalue weighted by Gasteiger charge is 2.36. The van der Waals surface area contributed by atoms with E-state index in [9.17, 15) is 0 Å². The first kappa shape index (κ1) is 24.7. The van der Waals surface area contributed by atoms with Gasteiger partial charge in [-0.2, -0.15) is 0 Å². The molecule has 3 aromatic carbocycles. The number of hydrogen-bond donors (Lipinski definition) is 1. The van der Waals surface area contributed by atoms with E-state index in [4.69, 9.17) is 0 Å². The van der Waals surface area contributed by atoms with E-state index < -0.39 is 0 Å². The summed E-state index contributed by atoms with van der Waals surface area (Å²) in [6, 6.07) is 33.0. The summed E-state index contributed by atoms with van der Waals surface area (Å²) in [6.45, 7) is 9.30. The zero-order valence-corrected chi connectivity index (χ0v) is 21.3. The quantitative estimate of drug-likeness (QED) is 0.231. The van der Waals surface area contributed by atoms with Crippen LogP contribution in [-0.4, -0.2) is 54.1 Å². The maximum atomic E-state index is 4.58. The monoisotopic (exact) mass is 489 g/mol. The number of aromatic nitrogens is 2. The van der Waals surface area contributed by atoms with Gasteiger partial charge in [0.15, 0.2) is 0 Å². The number of benzene rings is 3. The van der Waals surface area contributed by atoms with Gasteiger partial charge in [-0.05, 0) is 29.7 Å². The van der Waals surface area contributed by atoms with Crippen LogP contribution in [-0.2, 0) is 5.41 Å². The third-order valence-corrected chi connectivity index (χ3v) is 7.35. The Balaban J connectivity index is 1.33. The number of rotatable bonds is 10. The minimum absolute atomic E-state index is 0.210. The molecule has 0 amide bonds. The molecule has 5 nitrogen and oxygen atoms in total. The molecule has 5 heteroatoms. The lowest BCUT2D eigenvalue weighted by molar-refractivity contribution is 0.241. The summed E-state index contributed by atoms with van der Waals surface area (Å²) in [7, 11) is 0. The predicted octanol–water partition coefficient (Wildman–Crippen LogP) is 5.62. The molecule has 1 fully saturated rings. The molecule has 37 heavy (non-hydrogen) atoms. The van der Waals surface area contributed by atoms with Crippen molar-refractivity contribution in [2.24, 2.45) is 0 Å². The van der Waals surface area contributed by atoms with E-state index in [1.165, 1.54) is 16.7 Å². The van der Waals surface area contributed by atoms with Crippen molar-refractivity contribution in [1.29, 1.82) is 0 Å². The largest absolute Gasteiger partial charge is 0.379 e. The molecule has 188 valence electrons. The van der Waals surface area contributed by atoms with Gasteiger partial charge in [0.2, 0.25) is 5.95 Å². The average Bonchev–Trinajstić information content (AvgIpc) is 2.99. The van der Waals surface area contributed by atoms with E-state index in [1.54, 1.807) is 0 Å². The van der Waals surface area contributed by atoms with Crippen molar-refractivity contribution in [2.75, 3.05) is 49.5 Å². The molecule has 1 N–H and O–H groups in total. The van der Waals surface area contributed by atoms with Crippen LogP contribution in [0.25, 0.3) is 0 Å². The highest BCUT2D eigenvalue weighted by molar-refractivity contribution is 5.50. The molecular weight excluding hydrogens is 454 g/mol. The molecule has 0 atom stereocenters. The van der Waals surface area contributed by atoms with Crippen molar-refractivity contribution >= 4 is 11.6 Å². The Labute approximate surface area is 220 Å². The third kappa shape index (κ3) is 5.57. The smallest absolute Gasteiger partial charge is 0.225 e. The van der Waals surface area contributed by atoms with Crippen LogP contribution in [0.4, 0.5) is 11.6 Å². The van der Waals surface area contributed by atoms with Gasteiger partial charge in [0.05, 0.1) is 18.1 Å². The lowest BCUT2D eigenvalue weighted by Crippen LogP contribution is -2.48. The molecule has 1 aromatic heterocycles. The van der Waals surface area contributed by atoms with E-state index in [0.717, 1.165) is 50.8 Å². The van der Waals surface area contributed by atoms with Gasteiger partial charge < -0.3 is 10.2 Å². The summed E-state index contributed by atoms with van der Waals surface area (Å²) in [5.41, 5.74) is 4.72. The molecule has 5 rings (SSSR count). The Kier molecular flexibility index (Phi) is 7.92. The maximum Gasteiger partial charge on any atom is 0.225 e. The van der Waals surface area contributed by atoms with Crippen LogP contribution in [0, 0.1) is 0 Å². The number of hydrogen-bond acceptors (Lipinski definition) is 5. The summed E-state index contributed by atoms with van der Waals surface area (Å²) in [6.07, 6.45) is 6.54. The van der Waals surface area contributed by atoms with Crippen molar-refractivity contribution in [2.45, 2.75) is 11.8 Å². The zero-order chi connectivity index (χ0) is 25.3. The summed E-state index contributed by atoms with van der Waals surface area (Å²) in [5.74, 6) is 0.802. The number of anilines is 2. The van der Waals surface area contributed by atoms with Crippen LogP contribution in [0.2, 0.25) is 0 Å². The van der Waals surface area contributed by atoms with E-state index in [-0.39, 0.29) is 5.41 Å². The fraction of sp³-hybridized carbons (Fsp3) is 0.250. The molecular formula is C32H35N5. The Morgan fingerprint density at radius 1 is 0.730 bits per heavy atom. The minimum atomic E-state index is -0.210. The topological polar surface area (TPSA) is 44.3 Å². The Morgan fingerprint density at radius 3 is 1.68 bits per heavy atom. The molecule has 0 saturated carbocycles. The number of nitrogens with zero attached hydrogens (tertiary/aromatic N) is 4. The van der Waals surface area contributed by atoms with Crippen molar-refractivity contribution in [3.05, 3.63) is 133 Å². The fourth-order valence-electron chi connectivity index (χ4n) is 5.36. The maximum absolute atomic E-state index is 4.58. The van der Waals surface area contributed by atoms with Crippen LogP contribution in [0.1, 0.15) is 23.1 Å². The molecule has 2 heterocycles. The van der Waals surface area contributed by atoms with Crippen LogP contribution in [0.5, 0.6) is 0 Å². The van der Waals surface area contributed by atoms with E-state index in [0.29, 0.717) is 6.54 Å². The summed E-state index contributed by atoms with van der Waals surface area (Å²) in [4.78, 5) is 14.0. The standard InChI is InChI=1S/C32H35N5/c1-2-19-33-30-25-34-31(35-26-30)37-23-21-36(22-24-37)20-18-32(27-12-6-3-7-13-27,28-14-8-4-9-15-28)29-16-10-5-11-17-29/h2-17,25-26,33H,1,18-24H2. The number of piperazine rings is 1. The van der Waals surface area contributed by atoms with Crippen LogP contribution < -0.4 is 10.2 Å². The van der Waals surface area contributed by atoms with Gasteiger partial charge in [0.25, 0.3) is 0 Å². The second-order valence-electron chi connectivity index (χ2n) is 9.52. The normalized spacial score (nSPS) is 14.3. The van der Waals surface area contributed by atoms with Crippen molar-refractivity contribution in [3.63, 3.8) is 0 Å².